The zero-order valence-corrected chi connectivity index (χ0v) is 8.45. The summed E-state index contributed by atoms with van der Waals surface area (Å²) in [6.07, 6.45) is 0. The molecule has 4 nitrogen and oxygen atoms in total. The van der Waals surface area contributed by atoms with Gasteiger partial charge < -0.3 is 15.8 Å². The molecule has 16 heavy (non-hydrogen) atoms. The molecule has 1 aromatic carbocycles. The lowest BCUT2D eigenvalue weighted by atomic mass is 10.2. The number of alkyl halides is 2. The standard InChI is InChI=1S/C10H12F2N2O2/c11-10(12)16-8-3-1-7(2-4-8)5-14-6-9(13)15/h1-4,10,14H,5-6H2,(H2,13,15). The Kier molecular flexibility index (Phi) is 4.65. The van der Waals surface area contributed by atoms with Gasteiger partial charge in [-0.2, -0.15) is 8.78 Å². The molecule has 3 N–H and O–H groups in total. The van der Waals surface area contributed by atoms with Gasteiger partial charge in [-0.25, -0.2) is 0 Å². The Bertz CT molecular complexity index is 341. The summed E-state index contributed by atoms with van der Waals surface area (Å²) >= 11 is 0. The lowest BCUT2D eigenvalue weighted by Gasteiger charge is -2.06. The molecule has 0 fully saturated rings. The first kappa shape index (κ1) is 12.4. The number of rotatable bonds is 6. The minimum absolute atomic E-state index is 0.0787. The van der Waals surface area contributed by atoms with Crippen LogP contribution in [0.15, 0.2) is 24.3 Å². The molecule has 6 heteroatoms. The Morgan fingerprint density at radius 2 is 2.00 bits per heavy atom. The predicted octanol–water partition coefficient (Wildman–Crippen LogP) is 0.863. The first-order valence-corrected chi connectivity index (χ1v) is 4.60. The summed E-state index contributed by atoms with van der Waals surface area (Å²) in [4.78, 5) is 10.4. The molecule has 0 heterocycles. The van der Waals surface area contributed by atoms with Crippen molar-refractivity contribution in [2.45, 2.75) is 13.2 Å². The topological polar surface area (TPSA) is 64.4 Å². The van der Waals surface area contributed by atoms with Gasteiger partial charge in [0.2, 0.25) is 5.91 Å². The van der Waals surface area contributed by atoms with E-state index in [1.54, 1.807) is 12.1 Å². The zero-order valence-electron chi connectivity index (χ0n) is 8.45. The van der Waals surface area contributed by atoms with Crippen molar-refractivity contribution in [2.75, 3.05) is 6.54 Å². The maximum absolute atomic E-state index is 11.8. The van der Waals surface area contributed by atoms with E-state index in [0.29, 0.717) is 6.54 Å². The summed E-state index contributed by atoms with van der Waals surface area (Å²) in [6, 6.07) is 6.14. The van der Waals surface area contributed by atoms with Crippen LogP contribution in [0.25, 0.3) is 0 Å². The van der Waals surface area contributed by atoms with E-state index in [1.807, 2.05) is 0 Å². The smallest absolute Gasteiger partial charge is 0.387 e. The van der Waals surface area contributed by atoms with Crippen LogP contribution in [0.5, 0.6) is 5.75 Å². The van der Waals surface area contributed by atoms with E-state index < -0.39 is 12.5 Å². The average molecular weight is 230 g/mol. The molecular formula is C10H12F2N2O2. The quantitative estimate of drug-likeness (QED) is 0.761. The largest absolute Gasteiger partial charge is 0.435 e. The second-order valence-electron chi connectivity index (χ2n) is 3.09. The van der Waals surface area contributed by atoms with Crippen molar-refractivity contribution in [1.29, 1.82) is 0 Å². The number of benzene rings is 1. The highest BCUT2D eigenvalue weighted by molar-refractivity contribution is 5.75. The molecule has 0 aliphatic rings. The van der Waals surface area contributed by atoms with E-state index in [1.165, 1.54) is 12.1 Å². The minimum Gasteiger partial charge on any atom is -0.435 e. The van der Waals surface area contributed by atoms with Crippen LogP contribution in [0.2, 0.25) is 0 Å². The minimum atomic E-state index is -2.82. The molecule has 0 aliphatic carbocycles. The van der Waals surface area contributed by atoms with Gasteiger partial charge in [0.1, 0.15) is 5.75 Å². The molecule has 0 aliphatic heterocycles. The molecule has 0 bridgehead atoms. The fourth-order valence-electron chi connectivity index (χ4n) is 1.12. The van der Waals surface area contributed by atoms with Crippen molar-refractivity contribution in [3.05, 3.63) is 29.8 Å². The van der Waals surface area contributed by atoms with Crippen LogP contribution in [0.3, 0.4) is 0 Å². The highest BCUT2D eigenvalue weighted by Crippen LogP contribution is 2.14. The molecule has 0 spiro atoms. The number of carbonyl (C=O) groups is 1. The number of nitrogens with one attached hydrogen (secondary N) is 1. The molecule has 1 aromatic rings. The molecule has 0 aromatic heterocycles. The third-order valence-corrected chi connectivity index (χ3v) is 1.78. The predicted molar refractivity (Wildman–Crippen MR) is 54.0 cm³/mol. The van der Waals surface area contributed by atoms with Crippen LogP contribution in [-0.4, -0.2) is 19.1 Å². The van der Waals surface area contributed by atoms with Gasteiger partial charge in [0.15, 0.2) is 0 Å². The number of carbonyl (C=O) groups excluding carboxylic acids is 1. The number of amides is 1. The molecule has 0 unspecified atom stereocenters. The fraction of sp³-hybridized carbons (Fsp3) is 0.300. The second-order valence-corrected chi connectivity index (χ2v) is 3.09. The van der Waals surface area contributed by atoms with Crippen molar-refractivity contribution >= 4 is 5.91 Å². The maximum Gasteiger partial charge on any atom is 0.387 e. The molecule has 88 valence electrons. The number of ether oxygens (including phenoxy) is 1. The van der Waals surface area contributed by atoms with Gasteiger partial charge in [0.05, 0.1) is 6.54 Å². The second kappa shape index (κ2) is 6.02. The van der Waals surface area contributed by atoms with Crippen molar-refractivity contribution in [3.63, 3.8) is 0 Å². The summed E-state index contributed by atoms with van der Waals surface area (Å²) < 4.78 is 27.8. The molecule has 0 saturated carbocycles. The van der Waals surface area contributed by atoms with Gasteiger partial charge in [-0.15, -0.1) is 0 Å². The zero-order chi connectivity index (χ0) is 12.0. The molecule has 0 radical (unpaired) electrons. The normalized spacial score (nSPS) is 10.4. The third-order valence-electron chi connectivity index (χ3n) is 1.78. The van der Waals surface area contributed by atoms with Crippen LogP contribution >= 0.6 is 0 Å². The van der Waals surface area contributed by atoms with Gasteiger partial charge >= 0.3 is 6.61 Å². The van der Waals surface area contributed by atoms with Crippen LogP contribution in [0.1, 0.15) is 5.56 Å². The Morgan fingerprint density at radius 1 is 1.38 bits per heavy atom. The van der Waals surface area contributed by atoms with E-state index in [2.05, 4.69) is 10.1 Å². The van der Waals surface area contributed by atoms with Crippen LogP contribution in [-0.2, 0) is 11.3 Å². The highest BCUT2D eigenvalue weighted by atomic mass is 19.3. The summed E-state index contributed by atoms with van der Waals surface area (Å²) in [5.74, 6) is -0.341. The molecular weight excluding hydrogens is 218 g/mol. The van der Waals surface area contributed by atoms with Crippen molar-refractivity contribution in [3.8, 4) is 5.75 Å². The van der Waals surface area contributed by atoms with E-state index in [9.17, 15) is 13.6 Å². The summed E-state index contributed by atoms with van der Waals surface area (Å²) in [5.41, 5.74) is 5.78. The number of nitrogens with two attached hydrogens (primary N) is 1. The van der Waals surface area contributed by atoms with Gasteiger partial charge in [-0.05, 0) is 17.7 Å². The Balaban J connectivity index is 2.42. The Morgan fingerprint density at radius 3 is 2.50 bits per heavy atom. The van der Waals surface area contributed by atoms with E-state index in [0.717, 1.165) is 5.56 Å². The summed E-state index contributed by atoms with van der Waals surface area (Å²) in [6.45, 7) is -2.30. The van der Waals surface area contributed by atoms with Crippen molar-refractivity contribution in [2.24, 2.45) is 5.73 Å². The van der Waals surface area contributed by atoms with Crippen molar-refractivity contribution < 1.29 is 18.3 Å². The van der Waals surface area contributed by atoms with Gasteiger partial charge in [-0.1, -0.05) is 12.1 Å². The maximum atomic E-state index is 11.8. The lowest BCUT2D eigenvalue weighted by Crippen LogP contribution is -2.28. The molecule has 1 amide bonds. The van der Waals surface area contributed by atoms with E-state index >= 15 is 0 Å². The van der Waals surface area contributed by atoms with Crippen molar-refractivity contribution in [1.82, 2.24) is 5.32 Å². The number of hydrogen-bond donors (Lipinski definition) is 2. The molecule has 0 saturated heterocycles. The SMILES string of the molecule is NC(=O)CNCc1ccc(OC(F)F)cc1. The monoisotopic (exact) mass is 230 g/mol. The Hall–Kier alpha value is -1.69. The van der Waals surface area contributed by atoms with Crippen LogP contribution in [0.4, 0.5) is 8.78 Å². The van der Waals surface area contributed by atoms with Gasteiger partial charge in [-0.3, -0.25) is 4.79 Å². The Labute approximate surface area is 91.4 Å². The molecule has 1 rings (SSSR count). The van der Waals surface area contributed by atoms with E-state index in [-0.39, 0.29) is 12.3 Å². The van der Waals surface area contributed by atoms with Crippen LogP contribution < -0.4 is 15.8 Å². The van der Waals surface area contributed by atoms with E-state index in [4.69, 9.17) is 5.73 Å². The number of hydrogen-bond acceptors (Lipinski definition) is 3. The fourth-order valence-corrected chi connectivity index (χ4v) is 1.12. The first-order chi connectivity index (χ1) is 7.58. The third kappa shape index (κ3) is 4.70. The highest BCUT2D eigenvalue weighted by Gasteiger charge is 2.03. The van der Waals surface area contributed by atoms with Crippen LogP contribution in [0, 0.1) is 0 Å². The summed E-state index contributed by atoms with van der Waals surface area (Å²) in [7, 11) is 0. The molecule has 0 atom stereocenters. The number of halogens is 2. The number of primary amides is 1. The lowest BCUT2D eigenvalue weighted by molar-refractivity contribution is -0.117. The summed E-state index contributed by atoms with van der Waals surface area (Å²) in [5, 5.41) is 2.80. The first-order valence-electron chi connectivity index (χ1n) is 4.60. The average Bonchev–Trinajstić information content (AvgIpc) is 2.19. The van der Waals surface area contributed by atoms with Gasteiger partial charge in [0, 0.05) is 6.54 Å². The van der Waals surface area contributed by atoms with Gasteiger partial charge in [0.25, 0.3) is 0 Å².